The first-order chi connectivity index (χ1) is 12.7. The first kappa shape index (κ1) is 19.8. The predicted molar refractivity (Wildman–Crippen MR) is 95.8 cm³/mol. The van der Waals surface area contributed by atoms with Crippen LogP contribution in [0.4, 0.5) is 0 Å². The Morgan fingerprint density at radius 1 is 1.26 bits per heavy atom. The van der Waals surface area contributed by atoms with Crippen LogP contribution in [0.3, 0.4) is 0 Å². The zero-order chi connectivity index (χ0) is 19.8. The van der Waals surface area contributed by atoms with Crippen LogP contribution < -0.4 is 5.32 Å². The Balaban J connectivity index is 1.53. The lowest BCUT2D eigenvalue weighted by molar-refractivity contribution is -0.139. The summed E-state index contributed by atoms with van der Waals surface area (Å²) in [5, 5.41) is 11.6. The van der Waals surface area contributed by atoms with Gasteiger partial charge in [-0.05, 0) is 43.7 Å². The average Bonchev–Trinajstić information content (AvgIpc) is 3.20. The van der Waals surface area contributed by atoms with E-state index in [4.69, 9.17) is 9.52 Å². The van der Waals surface area contributed by atoms with E-state index in [1.165, 1.54) is 26.2 Å². The third kappa shape index (κ3) is 4.69. The molecule has 0 unspecified atom stereocenters. The second-order valence-electron chi connectivity index (χ2n) is 7.47. The maximum Gasteiger partial charge on any atom is 0.317 e. The molecule has 1 heterocycles. The fourth-order valence-corrected chi connectivity index (χ4v) is 3.96. The number of carbonyl (C=O) groups is 2. The number of hydrogen-bond donors (Lipinski definition) is 2. The third-order valence-corrected chi connectivity index (χ3v) is 6.72. The molecule has 0 bridgehead atoms. The quantitative estimate of drug-likeness (QED) is 0.623. The summed E-state index contributed by atoms with van der Waals surface area (Å²) >= 11 is 0. The summed E-state index contributed by atoms with van der Waals surface area (Å²) in [4.78, 5) is 25.3. The third-order valence-electron chi connectivity index (χ3n) is 5.03. The van der Waals surface area contributed by atoms with E-state index in [0.29, 0.717) is 18.8 Å². The summed E-state index contributed by atoms with van der Waals surface area (Å²) in [5.74, 6) is -0.767. The van der Waals surface area contributed by atoms with Crippen molar-refractivity contribution in [3.8, 4) is 0 Å². The molecule has 0 spiro atoms. The molecule has 2 aliphatic rings. The van der Waals surface area contributed by atoms with E-state index in [0.717, 1.165) is 23.7 Å². The number of sulfonamides is 1. The largest absolute Gasteiger partial charge is 0.480 e. The van der Waals surface area contributed by atoms with E-state index < -0.39 is 21.9 Å². The van der Waals surface area contributed by atoms with Crippen molar-refractivity contribution < 1.29 is 27.5 Å². The highest BCUT2D eigenvalue weighted by molar-refractivity contribution is 7.88. The molecular weight excluding hydrogens is 374 g/mol. The minimum Gasteiger partial charge on any atom is -0.480 e. The number of rotatable bonds is 9. The molecule has 0 aromatic carbocycles. The molecule has 27 heavy (non-hydrogen) atoms. The van der Waals surface area contributed by atoms with E-state index >= 15 is 0 Å². The molecule has 2 N–H and O–H groups in total. The number of amides is 1. The molecule has 3 rings (SSSR count). The van der Waals surface area contributed by atoms with E-state index in [-0.39, 0.29) is 29.5 Å². The highest BCUT2D eigenvalue weighted by Crippen LogP contribution is 2.33. The minimum absolute atomic E-state index is 0.0196. The van der Waals surface area contributed by atoms with Gasteiger partial charge in [0.1, 0.15) is 0 Å². The molecule has 0 atom stereocenters. The SMILES string of the molecule is CN(C)S(=O)(=O)c1ccc(C(=O)NC2CC(N(CC(=O)O)CC3CC3)C2)o1. The fourth-order valence-electron chi connectivity index (χ4n) is 3.17. The van der Waals surface area contributed by atoms with Gasteiger partial charge >= 0.3 is 5.97 Å². The van der Waals surface area contributed by atoms with Gasteiger partial charge in [0.05, 0.1) is 6.54 Å². The monoisotopic (exact) mass is 399 g/mol. The van der Waals surface area contributed by atoms with Crippen molar-refractivity contribution in [1.82, 2.24) is 14.5 Å². The molecule has 150 valence electrons. The predicted octanol–water partition coefficient (Wildman–Crippen LogP) is 0.587. The number of carboxylic acids is 1. The molecule has 1 amide bonds. The van der Waals surface area contributed by atoms with Crippen molar-refractivity contribution in [3.05, 3.63) is 17.9 Å². The summed E-state index contributed by atoms with van der Waals surface area (Å²) in [6.07, 6.45) is 3.66. The molecule has 0 aliphatic heterocycles. The summed E-state index contributed by atoms with van der Waals surface area (Å²) in [6.45, 7) is 0.813. The van der Waals surface area contributed by atoms with Crippen molar-refractivity contribution in [1.29, 1.82) is 0 Å². The van der Waals surface area contributed by atoms with Crippen LogP contribution in [-0.4, -0.2) is 73.9 Å². The Labute approximate surface area is 158 Å². The maximum absolute atomic E-state index is 12.3. The first-order valence-electron chi connectivity index (χ1n) is 8.96. The number of carbonyl (C=O) groups excluding carboxylic acids is 1. The van der Waals surface area contributed by atoms with Gasteiger partial charge in [-0.1, -0.05) is 0 Å². The topological polar surface area (TPSA) is 120 Å². The van der Waals surface area contributed by atoms with E-state index in [1.807, 2.05) is 4.90 Å². The van der Waals surface area contributed by atoms with Gasteiger partial charge in [-0.3, -0.25) is 14.5 Å². The molecule has 1 aromatic rings. The molecule has 9 nitrogen and oxygen atoms in total. The van der Waals surface area contributed by atoms with Crippen LogP contribution in [0.5, 0.6) is 0 Å². The Morgan fingerprint density at radius 2 is 1.93 bits per heavy atom. The fraction of sp³-hybridized carbons (Fsp3) is 0.647. The lowest BCUT2D eigenvalue weighted by Gasteiger charge is -2.42. The van der Waals surface area contributed by atoms with Crippen molar-refractivity contribution in [2.24, 2.45) is 5.92 Å². The van der Waals surface area contributed by atoms with Crippen molar-refractivity contribution >= 4 is 21.9 Å². The second kappa shape index (κ2) is 7.61. The number of aliphatic carboxylic acids is 1. The number of hydrogen-bond acceptors (Lipinski definition) is 6. The van der Waals surface area contributed by atoms with Crippen LogP contribution in [0, 0.1) is 5.92 Å². The normalized spacial score (nSPS) is 22.7. The van der Waals surface area contributed by atoms with Crippen LogP contribution >= 0.6 is 0 Å². The Kier molecular flexibility index (Phi) is 5.59. The number of nitrogens with one attached hydrogen (secondary N) is 1. The van der Waals surface area contributed by atoms with Gasteiger partial charge in [-0.25, -0.2) is 12.7 Å². The van der Waals surface area contributed by atoms with Crippen LogP contribution in [-0.2, 0) is 14.8 Å². The molecular formula is C17H25N3O6S. The highest BCUT2D eigenvalue weighted by Gasteiger charge is 2.38. The van der Waals surface area contributed by atoms with Gasteiger partial charge in [0.25, 0.3) is 15.9 Å². The number of furan rings is 1. The van der Waals surface area contributed by atoms with Crippen LogP contribution in [0.25, 0.3) is 0 Å². The Morgan fingerprint density at radius 3 is 2.48 bits per heavy atom. The van der Waals surface area contributed by atoms with E-state index in [2.05, 4.69) is 5.32 Å². The summed E-state index contributed by atoms with van der Waals surface area (Å²) in [5.41, 5.74) is 0. The van der Waals surface area contributed by atoms with Crippen molar-refractivity contribution in [2.75, 3.05) is 27.2 Å². The van der Waals surface area contributed by atoms with E-state index in [1.54, 1.807) is 0 Å². The molecule has 2 aliphatic carbocycles. The standard InChI is InChI=1S/C17H25N3O6S/c1-19(2)27(24,25)16-6-5-14(26-16)17(23)18-12-7-13(8-12)20(10-15(21)22)9-11-3-4-11/h5-6,11-13H,3-4,7-10H2,1-2H3,(H,18,23)(H,21,22). The van der Waals surface area contributed by atoms with Crippen LogP contribution in [0.2, 0.25) is 0 Å². The van der Waals surface area contributed by atoms with Crippen molar-refractivity contribution in [2.45, 2.75) is 42.9 Å². The average molecular weight is 399 g/mol. The Hall–Kier alpha value is -1.91. The van der Waals surface area contributed by atoms with Crippen LogP contribution in [0.15, 0.2) is 21.6 Å². The van der Waals surface area contributed by atoms with E-state index in [9.17, 15) is 18.0 Å². The van der Waals surface area contributed by atoms with Crippen molar-refractivity contribution in [3.63, 3.8) is 0 Å². The maximum atomic E-state index is 12.3. The van der Waals surface area contributed by atoms with Gasteiger partial charge < -0.3 is 14.8 Å². The molecule has 10 heteroatoms. The molecule has 2 fully saturated rings. The zero-order valence-electron chi connectivity index (χ0n) is 15.4. The van der Waals surface area contributed by atoms with Gasteiger partial charge in [0.15, 0.2) is 5.76 Å². The molecule has 2 saturated carbocycles. The second-order valence-corrected chi connectivity index (χ2v) is 9.55. The smallest absolute Gasteiger partial charge is 0.317 e. The Bertz CT molecular complexity index is 808. The number of nitrogens with zero attached hydrogens (tertiary/aromatic N) is 2. The number of carboxylic acid groups (broad SMARTS) is 1. The lowest BCUT2D eigenvalue weighted by Crippen LogP contribution is -2.55. The minimum atomic E-state index is -3.72. The molecule has 0 saturated heterocycles. The lowest BCUT2D eigenvalue weighted by atomic mass is 9.85. The summed E-state index contributed by atoms with van der Waals surface area (Å²) < 4.78 is 30.2. The molecule has 0 radical (unpaired) electrons. The molecule has 1 aromatic heterocycles. The van der Waals surface area contributed by atoms with Gasteiger partial charge in [-0.15, -0.1) is 0 Å². The first-order valence-corrected chi connectivity index (χ1v) is 10.4. The van der Waals surface area contributed by atoms with Gasteiger partial charge in [-0.2, -0.15) is 0 Å². The van der Waals surface area contributed by atoms with Crippen LogP contribution in [0.1, 0.15) is 36.2 Å². The summed E-state index contributed by atoms with van der Waals surface area (Å²) in [6, 6.07) is 2.68. The highest BCUT2D eigenvalue weighted by atomic mass is 32.2. The van der Waals surface area contributed by atoms with Gasteiger partial charge in [0.2, 0.25) is 5.09 Å². The van der Waals surface area contributed by atoms with Gasteiger partial charge in [0, 0.05) is 32.7 Å². The summed E-state index contributed by atoms with van der Waals surface area (Å²) in [7, 11) is -0.951. The zero-order valence-corrected chi connectivity index (χ0v) is 16.2.